The summed E-state index contributed by atoms with van der Waals surface area (Å²) in [6.07, 6.45) is 2.54. The molecule has 0 spiro atoms. The van der Waals surface area contributed by atoms with E-state index in [9.17, 15) is 18.0 Å². The predicted molar refractivity (Wildman–Crippen MR) is 66.4 cm³/mol. The first kappa shape index (κ1) is 14.4. The van der Waals surface area contributed by atoms with Crippen LogP contribution in [-0.2, 0) is 26.0 Å². The van der Waals surface area contributed by atoms with Gasteiger partial charge in [-0.15, -0.1) is 5.10 Å². The van der Waals surface area contributed by atoms with Crippen molar-refractivity contribution in [2.75, 3.05) is 18.1 Å². The number of rotatable bonds is 4. The molecule has 1 N–H and O–H groups in total. The highest BCUT2D eigenvalue weighted by Crippen LogP contribution is 2.15. The number of amides is 1. The van der Waals surface area contributed by atoms with Crippen molar-refractivity contribution in [2.24, 2.45) is 0 Å². The smallest absolute Gasteiger partial charge is 0.305 e. The van der Waals surface area contributed by atoms with Crippen LogP contribution in [0.3, 0.4) is 0 Å². The molecule has 9 nitrogen and oxygen atoms in total. The van der Waals surface area contributed by atoms with Gasteiger partial charge in [-0.1, -0.05) is 5.21 Å². The molecule has 1 saturated heterocycles. The molecule has 0 radical (unpaired) electrons. The third-order valence-corrected chi connectivity index (χ3v) is 4.73. The van der Waals surface area contributed by atoms with E-state index in [1.54, 1.807) is 0 Å². The molecular formula is C10H14N4O5S. The minimum Gasteiger partial charge on any atom is -0.481 e. The van der Waals surface area contributed by atoms with Crippen LogP contribution >= 0.6 is 0 Å². The van der Waals surface area contributed by atoms with Crippen molar-refractivity contribution in [3.63, 3.8) is 0 Å². The molecule has 1 fully saturated rings. The maximum absolute atomic E-state index is 12.1. The van der Waals surface area contributed by atoms with Gasteiger partial charge in [-0.3, -0.25) is 9.59 Å². The standard InChI is InChI=1S/C10H14N4O5S/c15-9(6-13-2-1-11-12-13)14-3-4-20(18,19)7-8(14)5-10(16)17/h1-2,8H,3-7H2,(H,16,17). The Labute approximate surface area is 115 Å². The molecule has 0 bridgehead atoms. The minimum atomic E-state index is -3.30. The Morgan fingerprint density at radius 1 is 1.40 bits per heavy atom. The van der Waals surface area contributed by atoms with Crippen LogP contribution in [0.25, 0.3) is 0 Å². The number of aliphatic carboxylic acids is 1. The van der Waals surface area contributed by atoms with E-state index in [4.69, 9.17) is 5.11 Å². The average molecular weight is 302 g/mol. The molecule has 1 aliphatic heterocycles. The van der Waals surface area contributed by atoms with E-state index in [-0.39, 0.29) is 36.9 Å². The molecular weight excluding hydrogens is 288 g/mol. The Hall–Kier alpha value is -1.97. The predicted octanol–water partition coefficient (Wildman–Crippen LogP) is -1.62. The number of aromatic nitrogens is 3. The summed E-state index contributed by atoms with van der Waals surface area (Å²) in [6, 6.07) is -0.831. The van der Waals surface area contributed by atoms with Gasteiger partial charge in [0.15, 0.2) is 9.84 Å². The molecule has 1 atom stereocenters. The summed E-state index contributed by atoms with van der Waals surface area (Å²) in [5, 5.41) is 16.0. The molecule has 2 rings (SSSR count). The number of sulfone groups is 1. The maximum Gasteiger partial charge on any atom is 0.305 e. The summed E-state index contributed by atoms with van der Waals surface area (Å²) >= 11 is 0. The molecule has 1 amide bonds. The Balaban J connectivity index is 2.11. The number of carbonyl (C=O) groups excluding carboxylic acids is 1. The summed E-state index contributed by atoms with van der Waals surface area (Å²) in [5.41, 5.74) is 0. The van der Waals surface area contributed by atoms with E-state index >= 15 is 0 Å². The number of hydrogen-bond acceptors (Lipinski definition) is 6. The highest BCUT2D eigenvalue weighted by Gasteiger charge is 2.35. The van der Waals surface area contributed by atoms with Crippen LogP contribution in [0.2, 0.25) is 0 Å². The maximum atomic E-state index is 12.1. The van der Waals surface area contributed by atoms with Crippen molar-refractivity contribution in [1.82, 2.24) is 19.9 Å². The zero-order valence-electron chi connectivity index (χ0n) is 10.5. The summed E-state index contributed by atoms with van der Waals surface area (Å²) in [6.45, 7) is -0.0794. The van der Waals surface area contributed by atoms with Crippen molar-refractivity contribution < 1.29 is 23.1 Å². The van der Waals surface area contributed by atoms with Crippen molar-refractivity contribution in [3.05, 3.63) is 12.4 Å². The third kappa shape index (κ3) is 3.53. The van der Waals surface area contributed by atoms with E-state index in [2.05, 4.69) is 10.3 Å². The van der Waals surface area contributed by atoms with Gasteiger partial charge in [-0.05, 0) is 0 Å². The van der Waals surface area contributed by atoms with Crippen molar-refractivity contribution >= 4 is 21.7 Å². The normalized spacial score (nSPS) is 21.6. The Bertz CT molecular complexity index is 597. The second-order valence-electron chi connectivity index (χ2n) is 4.55. The average Bonchev–Trinajstić information content (AvgIpc) is 2.79. The number of carboxylic acid groups (broad SMARTS) is 1. The summed E-state index contributed by atoms with van der Waals surface area (Å²) in [5.74, 6) is -1.96. The van der Waals surface area contributed by atoms with E-state index in [1.807, 2.05) is 0 Å². The van der Waals surface area contributed by atoms with Gasteiger partial charge >= 0.3 is 5.97 Å². The number of nitrogens with zero attached hydrogens (tertiary/aromatic N) is 4. The molecule has 20 heavy (non-hydrogen) atoms. The largest absolute Gasteiger partial charge is 0.481 e. The first-order chi connectivity index (χ1) is 9.37. The molecule has 0 saturated carbocycles. The molecule has 110 valence electrons. The number of carboxylic acids is 1. The highest BCUT2D eigenvalue weighted by atomic mass is 32.2. The van der Waals surface area contributed by atoms with Crippen LogP contribution in [0.15, 0.2) is 12.4 Å². The minimum absolute atomic E-state index is 0.00775. The monoisotopic (exact) mass is 302 g/mol. The van der Waals surface area contributed by atoms with Gasteiger partial charge in [0.1, 0.15) is 6.54 Å². The second-order valence-corrected chi connectivity index (χ2v) is 6.78. The lowest BCUT2D eigenvalue weighted by Crippen LogP contribution is -2.52. The highest BCUT2D eigenvalue weighted by molar-refractivity contribution is 7.91. The lowest BCUT2D eigenvalue weighted by atomic mass is 10.2. The Kier molecular flexibility index (Phi) is 4.02. The molecule has 0 aromatic carbocycles. The fraction of sp³-hybridized carbons (Fsp3) is 0.600. The molecule has 0 aliphatic carbocycles. The lowest BCUT2D eigenvalue weighted by molar-refractivity contribution is -0.140. The van der Waals surface area contributed by atoms with Crippen LogP contribution in [0.4, 0.5) is 0 Å². The molecule has 1 aliphatic rings. The van der Waals surface area contributed by atoms with Crippen molar-refractivity contribution in [3.8, 4) is 0 Å². The number of carbonyl (C=O) groups is 2. The first-order valence-electron chi connectivity index (χ1n) is 5.93. The van der Waals surface area contributed by atoms with E-state index in [1.165, 1.54) is 22.0 Å². The Morgan fingerprint density at radius 2 is 2.15 bits per heavy atom. The van der Waals surface area contributed by atoms with Crippen LogP contribution in [0.5, 0.6) is 0 Å². The van der Waals surface area contributed by atoms with Gasteiger partial charge in [0.2, 0.25) is 5.91 Å². The van der Waals surface area contributed by atoms with Gasteiger partial charge in [0, 0.05) is 12.7 Å². The van der Waals surface area contributed by atoms with E-state index in [0.717, 1.165) is 0 Å². The number of hydrogen-bond donors (Lipinski definition) is 1. The zero-order chi connectivity index (χ0) is 14.8. The topological polar surface area (TPSA) is 122 Å². The SMILES string of the molecule is O=C(O)CC1CS(=O)(=O)CCN1C(=O)Cn1ccnn1. The molecule has 2 heterocycles. The van der Waals surface area contributed by atoms with Gasteiger partial charge in [-0.25, -0.2) is 13.1 Å². The van der Waals surface area contributed by atoms with Gasteiger partial charge in [-0.2, -0.15) is 0 Å². The fourth-order valence-electron chi connectivity index (χ4n) is 2.13. The second kappa shape index (κ2) is 5.57. The van der Waals surface area contributed by atoms with Crippen LogP contribution < -0.4 is 0 Å². The summed E-state index contributed by atoms with van der Waals surface area (Å²) < 4.78 is 24.4. The van der Waals surface area contributed by atoms with Gasteiger partial charge < -0.3 is 10.0 Å². The summed E-state index contributed by atoms with van der Waals surface area (Å²) in [4.78, 5) is 24.2. The van der Waals surface area contributed by atoms with Crippen LogP contribution in [0, 0.1) is 0 Å². The van der Waals surface area contributed by atoms with E-state index in [0.29, 0.717) is 0 Å². The van der Waals surface area contributed by atoms with Gasteiger partial charge in [0.25, 0.3) is 0 Å². The van der Waals surface area contributed by atoms with E-state index < -0.39 is 21.8 Å². The summed E-state index contributed by atoms with van der Waals surface area (Å²) in [7, 11) is -3.30. The zero-order valence-corrected chi connectivity index (χ0v) is 11.4. The van der Waals surface area contributed by atoms with Crippen molar-refractivity contribution in [2.45, 2.75) is 19.0 Å². The fourth-order valence-corrected chi connectivity index (χ4v) is 3.66. The molecule has 10 heteroatoms. The lowest BCUT2D eigenvalue weighted by Gasteiger charge is -2.34. The van der Waals surface area contributed by atoms with Crippen molar-refractivity contribution in [1.29, 1.82) is 0 Å². The first-order valence-corrected chi connectivity index (χ1v) is 7.75. The van der Waals surface area contributed by atoms with Gasteiger partial charge in [0.05, 0.1) is 30.2 Å². The molecule has 1 aromatic rings. The molecule has 1 unspecified atom stereocenters. The third-order valence-electron chi connectivity index (χ3n) is 3.03. The Morgan fingerprint density at radius 3 is 2.75 bits per heavy atom. The molecule has 1 aromatic heterocycles. The van der Waals surface area contributed by atoms with Crippen LogP contribution in [0.1, 0.15) is 6.42 Å². The van der Waals surface area contributed by atoms with Crippen LogP contribution in [-0.4, -0.2) is 69.4 Å². The quantitative estimate of drug-likeness (QED) is 0.709.